The van der Waals surface area contributed by atoms with E-state index in [1.807, 2.05) is 36.9 Å². The van der Waals surface area contributed by atoms with Gasteiger partial charge in [-0.1, -0.05) is 6.07 Å². The number of nitrogens with one attached hydrogen (secondary N) is 2. The first-order chi connectivity index (χ1) is 7.72. The average molecular weight is 255 g/mol. The van der Waals surface area contributed by atoms with Gasteiger partial charge in [-0.05, 0) is 49.7 Å². The molecule has 3 nitrogen and oxygen atoms in total. The molecule has 0 amide bonds. The van der Waals surface area contributed by atoms with Crippen molar-refractivity contribution in [3.05, 3.63) is 23.9 Å². The molecule has 5 heteroatoms. The summed E-state index contributed by atoms with van der Waals surface area (Å²) in [6.45, 7) is 2.86. The van der Waals surface area contributed by atoms with Gasteiger partial charge in [0.15, 0.2) is 5.11 Å². The molecule has 0 aliphatic heterocycles. The highest BCUT2D eigenvalue weighted by Crippen LogP contribution is 2.03. The van der Waals surface area contributed by atoms with Gasteiger partial charge >= 0.3 is 0 Å². The van der Waals surface area contributed by atoms with Crippen molar-refractivity contribution >= 4 is 34.9 Å². The van der Waals surface area contributed by atoms with Crippen LogP contribution >= 0.6 is 24.0 Å². The first kappa shape index (κ1) is 13.3. The third-order valence-electron chi connectivity index (χ3n) is 1.94. The maximum absolute atomic E-state index is 5.16. The first-order valence-electron chi connectivity index (χ1n) is 5.20. The molecule has 1 heterocycles. The van der Waals surface area contributed by atoms with Gasteiger partial charge in [-0.2, -0.15) is 11.8 Å². The Bertz CT molecular complexity index is 342. The molecule has 0 saturated heterocycles. The molecule has 0 unspecified atom stereocenters. The fourth-order valence-electron chi connectivity index (χ4n) is 1.19. The van der Waals surface area contributed by atoms with Gasteiger partial charge in [-0.15, -0.1) is 0 Å². The van der Waals surface area contributed by atoms with Crippen LogP contribution in [0, 0.1) is 6.92 Å². The number of rotatable bonds is 5. The Kier molecular flexibility index (Phi) is 6.18. The highest BCUT2D eigenvalue weighted by molar-refractivity contribution is 7.98. The van der Waals surface area contributed by atoms with Crippen LogP contribution in [-0.4, -0.2) is 28.6 Å². The van der Waals surface area contributed by atoms with Gasteiger partial charge in [0.1, 0.15) is 5.82 Å². The lowest BCUT2D eigenvalue weighted by atomic mass is 10.4. The van der Waals surface area contributed by atoms with E-state index in [1.54, 1.807) is 0 Å². The van der Waals surface area contributed by atoms with Crippen molar-refractivity contribution in [3.63, 3.8) is 0 Å². The van der Waals surface area contributed by atoms with Gasteiger partial charge in [0.2, 0.25) is 0 Å². The summed E-state index contributed by atoms with van der Waals surface area (Å²) < 4.78 is 0. The van der Waals surface area contributed by atoms with E-state index in [0.29, 0.717) is 5.11 Å². The molecule has 1 rings (SSSR count). The zero-order valence-electron chi connectivity index (χ0n) is 9.62. The van der Waals surface area contributed by atoms with E-state index >= 15 is 0 Å². The number of aromatic nitrogens is 1. The Morgan fingerprint density at radius 2 is 2.31 bits per heavy atom. The minimum Gasteiger partial charge on any atom is -0.362 e. The summed E-state index contributed by atoms with van der Waals surface area (Å²) in [6, 6.07) is 5.82. The summed E-state index contributed by atoms with van der Waals surface area (Å²) in [5.41, 5.74) is 0.982. The number of thiocarbonyl (C=S) groups is 1. The lowest BCUT2D eigenvalue weighted by Gasteiger charge is -2.09. The minimum atomic E-state index is 0.638. The number of anilines is 1. The molecular formula is C11H17N3S2. The molecule has 0 fully saturated rings. The summed E-state index contributed by atoms with van der Waals surface area (Å²) in [5, 5.41) is 6.85. The first-order valence-corrected chi connectivity index (χ1v) is 7.00. The number of thioether (sulfide) groups is 1. The topological polar surface area (TPSA) is 37.0 Å². The molecule has 16 heavy (non-hydrogen) atoms. The molecule has 0 atom stereocenters. The van der Waals surface area contributed by atoms with Crippen molar-refractivity contribution in [2.75, 3.05) is 23.9 Å². The van der Waals surface area contributed by atoms with Crippen LogP contribution in [0.4, 0.5) is 5.82 Å². The maximum atomic E-state index is 5.16. The lowest BCUT2D eigenvalue weighted by Crippen LogP contribution is -2.29. The monoisotopic (exact) mass is 255 g/mol. The van der Waals surface area contributed by atoms with E-state index in [2.05, 4.69) is 21.9 Å². The van der Waals surface area contributed by atoms with Crippen LogP contribution in [0.25, 0.3) is 0 Å². The summed E-state index contributed by atoms with van der Waals surface area (Å²) in [6.07, 6.45) is 3.22. The van der Waals surface area contributed by atoms with Crippen LogP contribution in [0.3, 0.4) is 0 Å². The van der Waals surface area contributed by atoms with E-state index in [4.69, 9.17) is 12.2 Å². The van der Waals surface area contributed by atoms with Gasteiger partial charge in [-0.25, -0.2) is 4.98 Å². The van der Waals surface area contributed by atoms with Crippen molar-refractivity contribution in [2.45, 2.75) is 13.3 Å². The summed E-state index contributed by atoms with van der Waals surface area (Å²) in [5.74, 6) is 1.94. The molecule has 88 valence electrons. The van der Waals surface area contributed by atoms with Crippen LogP contribution in [-0.2, 0) is 0 Å². The van der Waals surface area contributed by atoms with Crippen molar-refractivity contribution in [3.8, 4) is 0 Å². The lowest BCUT2D eigenvalue weighted by molar-refractivity contribution is 0.854. The van der Waals surface area contributed by atoms with E-state index in [0.717, 1.165) is 30.2 Å². The molecule has 1 aromatic heterocycles. The predicted octanol–water partition coefficient (Wildman–Crippen LogP) is 2.43. The Morgan fingerprint density at radius 3 is 3.00 bits per heavy atom. The molecule has 0 spiro atoms. The second-order valence-electron chi connectivity index (χ2n) is 3.39. The van der Waals surface area contributed by atoms with Crippen molar-refractivity contribution in [1.82, 2.24) is 10.3 Å². The van der Waals surface area contributed by atoms with E-state index in [1.165, 1.54) is 0 Å². The average Bonchev–Trinajstić information content (AvgIpc) is 2.24. The van der Waals surface area contributed by atoms with Crippen molar-refractivity contribution < 1.29 is 0 Å². The maximum Gasteiger partial charge on any atom is 0.171 e. The molecule has 0 bridgehead atoms. The summed E-state index contributed by atoms with van der Waals surface area (Å²) >= 11 is 7.00. The Hall–Kier alpha value is -0.810. The Labute approximate surface area is 106 Å². The van der Waals surface area contributed by atoms with E-state index < -0.39 is 0 Å². The smallest absolute Gasteiger partial charge is 0.171 e. The number of aryl methyl sites for hydroxylation is 1. The fourth-order valence-corrected chi connectivity index (χ4v) is 1.83. The predicted molar refractivity (Wildman–Crippen MR) is 76.2 cm³/mol. The molecular weight excluding hydrogens is 238 g/mol. The molecule has 1 aromatic rings. The van der Waals surface area contributed by atoms with Crippen molar-refractivity contribution in [2.24, 2.45) is 0 Å². The zero-order valence-corrected chi connectivity index (χ0v) is 11.3. The van der Waals surface area contributed by atoms with Crippen LogP contribution in [0.1, 0.15) is 12.1 Å². The third kappa shape index (κ3) is 5.32. The minimum absolute atomic E-state index is 0.638. The Balaban J connectivity index is 2.29. The molecule has 2 N–H and O–H groups in total. The van der Waals surface area contributed by atoms with Crippen molar-refractivity contribution in [1.29, 1.82) is 0 Å². The SMILES string of the molecule is CSCCCNC(=S)Nc1cccc(C)n1. The van der Waals surface area contributed by atoms with E-state index in [-0.39, 0.29) is 0 Å². The molecule has 0 aliphatic rings. The largest absolute Gasteiger partial charge is 0.362 e. The van der Waals surface area contributed by atoms with Gasteiger partial charge < -0.3 is 10.6 Å². The summed E-state index contributed by atoms with van der Waals surface area (Å²) in [7, 11) is 0. The van der Waals surface area contributed by atoms with Crippen LogP contribution in [0.2, 0.25) is 0 Å². The second-order valence-corrected chi connectivity index (χ2v) is 4.79. The highest BCUT2D eigenvalue weighted by atomic mass is 32.2. The standard InChI is InChI=1S/C11H17N3S2/c1-9-5-3-6-10(13-9)14-11(15)12-7-4-8-16-2/h3,5-6H,4,7-8H2,1-2H3,(H2,12,13,14,15). The quantitative estimate of drug-likeness (QED) is 0.624. The summed E-state index contributed by atoms with van der Waals surface area (Å²) in [4.78, 5) is 4.31. The Morgan fingerprint density at radius 1 is 1.50 bits per heavy atom. The van der Waals surface area contributed by atoms with Gasteiger partial charge in [0.25, 0.3) is 0 Å². The second kappa shape index (κ2) is 7.46. The van der Waals surface area contributed by atoms with Gasteiger partial charge in [0.05, 0.1) is 0 Å². The normalized spacial score (nSPS) is 9.88. The number of nitrogens with zero attached hydrogens (tertiary/aromatic N) is 1. The molecule has 0 radical (unpaired) electrons. The fraction of sp³-hybridized carbons (Fsp3) is 0.455. The molecule has 0 aromatic carbocycles. The molecule has 0 saturated carbocycles. The van der Waals surface area contributed by atoms with Crippen LogP contribution < -0.4 is 10.6 Å². The zero-order chi connectivity index (χ0) is 11.8. The van der Waals surface area contributed by atoms with Crippen LogP contribution in [0.5, 0.6) is 0 Å². The third-order valence-corrected chi connectivity index (χ3v) is 2.88. The van der Waals surface area contributed by atoms with Gasteiger partial charge in [-0.3, -0.25) is 0 Å². The number of hydrogen-bond acceptors (Lipinski definition) is 3. The number of pyridine rings is 1. The highest BCUT2D eigenvalue weighted by Gasteiger charge is 1.97. The van der Waals surface area contributed by atoms with E-state index in [9.17, 15) is 0 Å². The number of hydrogen-bond donors (Lipinski definition) is 2. The van der Waals surface area contributed by atoms with Crippen LogP contribution in [0.15, 0.2) is 18.2 Å². The van der Waals surface area contributed by atoms with Gasteiger partial charge in [0, 0.05) is 12.2 Å². The molecule has 0 aliphatic carbocycles.